The summed E-state index contributed by atoms with van der Waals surface area (Å²) in [4.78, 5) is 11.8. The van der Waals surface area contributed by atoms with Gasteiger partial charge in [-0.05, 0) is 37.0 Å². The van der Waals surface area contributed by atoms with Gasteiger partial charge in [-0.15, -0.1) is 0 Å². The van der Waals surface area contributed by atoms with Gasteiger partial charge in [0, 0.05) is 12.6 Å². The summed E-state index contributed by atoms with van der Waals surface area (Å²) in [6.45, 7) is 2.09. The zero-order valence-electron chi connectivity index (χ0n) is 12.8. The van der Waals surface area contributed by atoms with Gasteiger partial charge in [0.15, 0.2) is 21.5 Å². The van der Waals surface area contributed by atoms with Crippen molar-refractivity contribution < 1.29 is 22.0 Å². The smallest absolute Gasteiger partial charge is 0.233 e. The number of nitrogens with one attached hydrogen (secondary N) is 2. The van der Waals surface area contributed by atoms with Crippen molar-refractivity contribution in [1.82, 2.24) is 10.6 Å². The highest BCUT2D eigenvalue weighted by Gasteiger charge is 2.27. The Labute approximate surface area is 134 Å². The minimum atomic E-state index is -2.95. The van der Waals surface area contributed by atoms with Gasteiger partial charge < -0.3 is 10.6 Å². The highest BCUT2D eigenvalue weighted by molar-refractivity contribution is 7.91. The van der Waals surface area contributed by atoms with Crippen molar-refractivity contribution in [3.8, 4) is 0 Å². The van der Waals surface area contributed by atoms with E-state index in [-0.39, 0.29) is 35.9 Å². The van der Waals surface area contributed by atoms with Crippen molar-refractivity contribution in [2.75, 3.05) is 24.6 Å². The van der Waals surface area contributed by atoms with Gasteiger partial charge in [0.05, 0.1) is 18.1 Å². The molecule has 0 spiro atoms. The van der Waals surface area contributed by atoms with Gasteiger partial charge in [0.25, 0.3) is 0 Å². The first-order chi connectivity index (χ1) is 10.8. The fourth-order valence-electron chi connectivity index (χ4n) is 2.50. The van der Waals surface area contributed by atoms with Crippen molar-refractivity contribution in [2.24, 2.45) is 5.92 Å². The van der Waals surface area contributed by atoms with Crippen molar-refractivity contribution in [2.45, 2.75) is 19.4 Å². The van der Waals surface area contributed by atoms with Crippen LogP contribution in [0.4, 0.5) is 8.78 Å². The maximum atomic E-state index is 13.2. The molecule has 128 valence electrons. The van der Waals surface area contributed by atoms with Crippen LogP contribution in [-0.4, -0.2) is 38.9 Å². The molecule has 1 saturated heterocycles. The number of hydrogen-bond donors (Lipinski definition) is 2. The molecule has 2 unspecified atom stereocenters. The second-order valence-corrected chi connectivity index (χ2v) is 8.08. The third kappa shape index (κ3) is 5.24. The molecule has 5 nitrogen and oxygen atoms in total. The lowest BCUT2D eigenvalue weighted by Gasteiger charge is -2.15. The van der Waals surface area contributed by atoms with E-state index >= 15 is 0 Å². The first kappa shape index (κ1) is 17.8. The summed E-state index contributed by atoms with van der Waals surface area (Å²) in [7, 11) is -2.95. The van der Waals surface area contributed by atoms with Crippen molar-refractivity contribution >= 4 is 15.7 Å². The Hall–Kier alpha value is -1.54. The third-order valence-electron chi connectivity index (χ3n) is 3.93. The molecule has 1 heterocycles. The van der Waals surface area contributed by atoms with E-state index in [0.29, 0.717) is 18.5 Å². The van der Waals surface area contributed by atoms with E-state index in [4.69, 9.17) is 0 Å². The van der Waals surface area contributed by atoms with E-state index < -0.39 is 21.5 Å². The predicted octanol–water partition coefficient (Wildman–Crippen LogP) is 1.17. The average molecular weight is 346 g/mol. The van der Waals surface area contributed by atoms with Gasteiger partial charge in [0.2, 0.25) is 5.91 Å². The molecule has 2 rings (SSSR count). The number of amides is 1. The molecule has 1 aliphatic heterocycles. The van der Waals surface area contributed by atoms with Gasteiger partial charge in [-0.1, -0.05) is 6.07 Å². The van der Waals surface area contributed by atoms with Gasteiger partial charge in [-0.3, -0.25) is 4.79 Å². The second-order valence-electron chi connectivity index (χ2n) is 5.85. The summed E-state index contributed by atoms with van der Waals surface area (Å²) in [5.41, 5.74) is 0.540. The highest BCUT2D eigenvalue weighted by Crippen LogP contribution is 2.17. The molecule has 1 aromatic rings. The molecule has 0 bridgehead atoms. The SMILES string of the molecule is CC(NCC(=O)NCC1CCS(=O)(=O)C1)c1ccc(F)c(F)c1. The molecule has 2 N–H and O–H groups in total. The Balaban J connectivity index is 1.74. The lowest BCUT2D eigenvalue weighted by molar-refractivity contribution is -0.120. The maximum absolute atomic E-state index is 13.2. The molecule has 23 heavy (non-hydrogen) atoms. The van der Waals surface area contributed by atoms with Gasteiger partial charge in [-0.25, -0.2) is 17.2 Å². The summed E-state index contributed by atoms with van der Waals surface area (Å²) in [6.07, 6.45) is 0.571. The minimum absolute atomic E-state index is 0.0135. The summed E-state index contributed by atoms with van der Waals surface area (Å²) >= 11 is 0. The van der Waals surface area contributed by atoms with E-state index in [1.54, 1.807) is 6.92 Å². The van der Waals surface area contributed by atoms with E-state index in [1.165, 1.54) is 6.07 Å². The predicted molar refractivity (Wildman–Crippen MR) is 82.5 cm³/mol. The average Bonchev–Trinajstić information content (AvgIpc) is 2.84. The zero-order valence-corrected chi connectivity index (χ0v) is 13.6. The molecule has 1 fully saturated rings. The van der Waals surface area contributed by atoms with Crippen LogP contribution in [0.3, 0.4) is 0 Å². The minimum Gasteiger partial charge on any atom is -0.355 e. The number of benzene rings is 1. The maximum Gasteiger partial charge on any atom is 0.233 e. The Morgan fingerprint density at radius 3 is 2.70 bits per heavy atom. The van der Waals surface area contributed by atoms with E-state index in [2.05, 4.69) is 10.6 Å². The van der Waals surface area contributed by atoms with Crippen LogP contribution in [0.2, 0.25) is 0 Å². The highest BCUT2D eigenvalue weighted by atomic mass is 32.2. The molecule has 0 aliphatic carbocycles. The van der Waals surface area contributed by atoms with Gasteiger partial charge in [0.1, 0.15) is 0 Å². The zero-order chi connectivity index (χ0) is 17.0. The molecular weight excluding hydrogens is 326 g/mol. The number of halogens is 2. The van der Waals surface area contributed by atoms with Crippen LogP contribution in [-0.2, 0) is 14.6 Å². The number of hydrogen-bond acceptors (Lipinski definition) is 4. The first-order valence-electron chi connectivity index (χ1n) is 7.42. The Bertz CT molecular complexity index is 679. The largest absolute Gasteiger partial charge is 0.355 e. The van der Waals surface area contributed by atoms with Crippen LogP contribution >= 0.6 is 0 Å². The molecule has 0 aromatic heterocycles. The molecule has 1 aliphatic rings. The topological polar surface area (TPSA) is 75.3 Å². The van der Waals surface area contributed by atoms with Gasteiger partial charge in [-0.2, -0.15) is 0 Å². The monoisotopic (exact) mass is 346 g/mol. The van der Waals surface area contributed by atoms with Crippen LogP contribution in [0.1, 0.15) is 24.9 Å². The summed E-state index contributed by atoms with van der Waals surface area (Å²) in [5.74, 6) is -1.84. The first-order valence-corrected chi connectivity index (χ1v) is 9.24. The molecule has 0 saturated carbocycles. The van der Waals surface area contributed by atoms with Crippen LogP contribution in [0, 0.1) is 17.6 Å². The Morgan fingerprint density at radius 2 is 2.09 bits per heavy atom. The normalized spacial score (nSPS) is 21.1. The van der Waals surface area contributed by atoms with Gasteiger partial charge >= 0.3 is 0 Å². The number of rotatable bonds is 6. The molecular formula is C15H20F2N2O3S. The summed E-state index contributed by atoms with van der Waals surface area (Å²) in [5, 5.41) is 5.61. The standard InChI is InChI=1S/C15H20F2N2O3S/c1-10(12-2-3-13(16)14(17)6-12)18-8-15(20)19-7-11-4-5-23(21,22)9-11/h2-3,6,10-11,18H,4-5,7-9H2,1H3,(H,19,20). The molecule has 1 aromatic carbocycles. The van der Waals surface area contributed by atoms with Crippen LogP contribution < -0.4 is 10.6 Å². The number of sulfone groups is 1. The molecule has 1 amide bonds. The van der Waals surface area contributed by atoms with Crippen LogP contribution in [0.15, 0.2) is 18.2 Å². The third-order valence-corrected chi connectivity index (χ3v) is 5.76. The van der Waals surface area contributed by atoms with Crippen LogP contribution in [0.5, 0.6) is 0 Å². The molecule has 8 heteroatoms. The fourth-order valence-corrected chi connectivity index (χ4v) is 4.36. The van der Waals surface area contributed by atoms with E-state index in [1.807, 2.05) is 0 Å². The molecule has 0 radical (unpaired) electrons. The molecule has 2 atom stereocenters. The van der Waals surface area contributed by atoms with Crippen molar-refractivity contribution in [3.05, 3.63) is 35.4 Å². The quantitative estimate of drug-likeness (QED) is 0.811. The second kappa shape index (κ2) is 7.35. The summed E-state index contributed by atoms with van der Waals surface area (Å²) in [6, 6.07) is 3.28. The fraction of sp³-hybridized carbons (Fsp3) is 0.533. The van der Waals surface area contributed by atoms with Crippen molar-refractivity contribution in [1.29, 1.82) is 0 Å². The number of carbonyl (C=O) groups is 1. The number of carbonyl (C=O) groups excluding carboxylic acids is 1. The summed E-state index contributed by atoms with van der Waals surface area (Å²) < 4.78 is 48.7. The lowest BCUT2D eigenvalue weighted by atomic mass is 10.1. The Kier molecular flexibility index (Phi) is 5.69. The lowest BCUT2D eigenvalue weighted by Crippen LogP contribution is -2.37. The Morgan fingerprint density at radius 1 is 1.35 bits per heavy atom. The van der Waals surface area contributed by atoms with Crippen LogP contribution in [0.25, 0.3) is 0 Å². The van der Waals surface area contributed by atoms with E-state index in [9.17, 15) is 22.0 Å². The van der Waals surface area contributed by atoms with E-state index in [0.717, 1.165) is 12.1 Å². The van der Waals surface area contributed by atoms with Crippen molar-refractivity contribution in [3.63, 3.8) is 0 Å².